The number of hydrogen-bond donors (Lipinski definition) is 1. The molecule has 0 radical (unpaired) electrons. The fraction of sp³-hybridized carbons (Fsp3) is 0.938. The van der Waals surface area contributed by atoms with Crippen LogP contribution < -0.4 is 5.32 Å². The van der Waals surface area contributed by atoms with Gasteiger partial charge in [0.15, 0.2) is 0 Å². The maximum Gasteiger partial charge on any atom is 0.105 e. The van der Waals surface area contributed by atoms with E-state index < -0.39 is 0 Å². The molecule has 2 unspecified atom stereocenters. The van der Waals surface area contributed by atoms with Gasteiger partial charge in [-0.25, -0.2) is 0 Å². The van der Waals surface area contributed by atoms with Crippen LogP contribution in [0.15, 0.2) is 0 Å². The molecule has 0 spiro atoms. The maximum atomic E-state index is 9.43. The standard InChI is InChI=1S/C16H31N3/c1-4-10-18-16(3,14-17)13-15(2)19-11-8-6-5-7-9-12-19/h15,18H,4-13H2,1-3H3. The molecular formula is C16H31N3. The molecule has 1 N–H and O–H groups in total. The summed E-state index contributed by atoms with van der Waals surface area (Å²) in [7, 11) is 0. The summed E-state index contributed by atoms with van der Waals surface area (Å²) >= 11 is 0. The van der Waals surface area contributed by atoms with Gasteiger partial charge >= 0.3 is 0 Å². The Hall–Kier alpha value is -0.590. The second-order valence-corrected chi connectivity index (χ2v) is 6.23. The molecule has 0 aliphatic carbocycles. The van der Waals surface area contributed by atoms with Crippen molar-refractivity contribution in [1.29, 1.82) is 5.26 Å². The maximum absolute atomic E-state index is 9.43. The number of rotatable bonds is 6. The lowest BCUT2D eigenvalue weighted by atomic mass is 9.93. The summed E-state index contributed by atoms with van der Waals surface area (Å²) in [6, 6.07) is 2.97. The number of nitriles is 1. The van der Waals surface area contributed by atoms with Crippen molar-refractivity contribution in [2.24, 2.45) is 0 Å². The van der Waals surface area contributed by atoms with Crippen LogP contribution in [0, 0.1) is 11.3 Å². The summed E-state index contributed by atoms with van der Waals surface area (Å²) < 4.78 is 0. The fourth-order valence-electron chi connectivity index (χ4n) is 2.99. The van der Waals surface area contributed by atoms with Gasteiger partial charge in [0, 0.05) is 6.04 Å². The van der Waals surface area contributed by atoms with Crippen molar-refractivity contribution in [2.75, 3.05) is 19.6 Å². The smallest absolute Gasteiger partial charge is 0.105 e. The highest BCUT2D eigenvalue weighted by atomic mass is 15.2. The van der Waals surface area contributed by atoms with Gasteiger partial charge in [0.25, 0.3) is 0 Å². The molecule has 110 valence electrons. The predicted molar refractivity (Wildman–Crippen MR) is 81.0 cm³/mol. The second-order valence-electron chi connectivity index (χ2n) is 6.23. The van der Waals surface area contributed by atoms with Crippen LogP contribution in [0.25, 0.3) is 0 Å². The topological polar surface area (TPSA) is 39.1 Å². The Morgan fingerprint density at radius 1 is 1.21 bits per heavy atom. The zero-order chi connectivity index (χ0) is 14.1. The van der Waals surface area contributed by atoms with E-state index in [0.717, 1.165) is 19.4 Å². The van der Waals surface area contributed by atoms with Gasteiger partial charge in [-0.2, -0.15) is 5.26 Å². The average molecular weight is 265 g/mol. The Bertz CT molecular complexity index is 276. The Morgan fingerprint density at radius 3 is 2.32 bits per heavy atom. The molecule has 1 aliphatic rings. The first kappa shape index (κ1) is 16.5. The normalized spacial score (nSPS) is 22.8. The summed E-state index contributed by atoms with van der Waals surface area (Å²) in [6.45, 7) is 9.81. The Morgan fingerprint density at radius 2 is 1.79 bits per heavy atom. The summed E-state index contributed by atoms with van der Waals surface area (Å²) in [6.07, 6.45) is 8.76. The minimum Gasteiger partial charge on any atom is -0.301 e. The van der Waals surface area contributed by atoms with E-state index in [4.69, 9.17) is 0 Å². The van der Waals surface area contributed by atoms with Crippen molar-refractivity contribution in [3.8, 4) is 6.07 Å². The number of nitrogens with one attached hydrogen (secondary N) is 1. The van der Waals surface area contributed by atoms with Gasteiger partial charge in [-0.3, -0.25) is 5.32 Å². The van der Waals surface area contributed by atoms with Gasteiger partial charge in [0.1, 0.15) is 5.54 Å². The Labute approximate surface area is 119 Å². The molecule has 3 nitrogen and oxygen atoms in total. The molecule has 0 aromatic carbocycles. The molecule has 0 aromatic rings. The van der Waals surface area contributed by atoms with E-state index in [1.165, 1.54) is 45.2 Å². The third kappa shape index (κ3) is 5.93. The van der Waals surface area contributed by atoms with Crippen LogP contribution in [0.3, 0.4) is 0 Å². The highest BCUT2D eigenvalue weighted by Crippen LogP contribution is 2.19. The molecule has 1 fully saturated rings. The lowest BCUT2D eigenvalue weighted by Crippen LogP contribution is -2.48. The molecule has 1 rings (SSSR count). The third-order valence-corrected chi connectivity index (χ3v) is 4.23. The van der Waals surface area contributed by atoms with Crippen LogP contribution in [0.2, 0.25) is 0 Å². The third-order valence-electron chi connectivity index (χ3n) is 4.23. The summed E-state index contributed by atoms with van der Waals surface area (Å²) in [4.78, 5) is 2.59. The number of nitrogens with zero attached hydrogens (tertiary/aromatic N) is 2. The van der Waals surface area contributed by atoms with Gasteiger partial charge in [-0.1, -0.05) is 26.2 Å². The Balaban J connectivity index is 2.50. The van der Waals surface area contributed by atoms with Crippen LogP contribution in [0.1, 0.15) is 65.7 Å². The van der Waals surface area contributed by atoms with Crippen molar-refractivity contribution >= 4 is 0 Å². The van der Waals surface area contributed by atoms with Crippen molar-refractivity contribution in [2.45, 2.75) is 77.3 Å². The van der Waals surface area contributed by atoms with Crippen molar-refractivity contribution in [3.05, 3.63) is 0 Å². The average Bonchev–Trinajstić information content (AvgIpc) is 2.36. The minimum absolute atomic E-state index is 0.377. The van der Waals surface area contributed by atoms with Gasteiger partial charge in [-0.05, 0) is 59.2 Å². The van der Waals surface area contributed by atoms with Gasteiger partial charge in [0.05, 0.1) is 6.07 Å². The molecule has 3 heteroatoms. The molecule has 1 saturated heterocycles. The lowest BCUT2D eigenvalue weighted by Gasteiger charge is -2.35. The fourth-order valence-corrected chi connectivity index (χ4v) is 2.99. The van der Waals surface area contributed by atoms with E-state index in [1.807, 2.05) is 6.92 Å². The van der Waals surface area contributed by atoms with Gasteiger partial charge in [0.2, 0.25) is 0 Å². The molecule has 0 amide bonds. The number of likely N-dealkylation sites (tertiary alicyclic amines) is 1. The molecule has 0 bridgehead atoms. The summed E-state index contributed by atoms with van der Waals surface area (Å²) in [5, 5.41) is 12.8. The largest absolute Gasteiger partial charge is 0.301 e. The van der Waals surface area contributed by atoms with E-state index >= 15 is 0 Å². The van der Waals surface area contributed by atoms with E-state index in [-0.39, 0.29) is 5.54 Å². The molecule has 1 aliphatic heterocycles. The summed E-state index contributed by atoms with van der Waals surface area (Å²) in [5.41, 5.74) is -0.377. The monoisotopic (exact) mass is 265 g/mol. The first-order valence-electron chi connectivity index (χ1n) is 8.01. The summed E-state index contributed by atoms with van der Waals surface area (Å²) in [5.74, 6) is 0. The first-order valence-corrected chi connectivity index (χ1v) is 8.01. The zero-order valence-corrected chi connectivity index (χ0v) is 13.0. The van der Waals surface area contributed by atoms with E-state index in [9.17, 15) is 5.26 Å². The van der Waals surface area contributed by atoms with Crippen LogP contribution in [0.5, 0.6) is 0 Å². The quantitative estimate of drug-likeness (QED) is 0.801. The molecule has 1 heterocycles. The highest BCUT2D eigenvalue weighted by molar-refractivity contribution is 5.05. The SMILES string of the molecule is CCCNC(C)(C#N)CC(C)N1CCCCCCC1. The van der Waals surface area contributed by atoms with E-state index in [2.05, 4.69) is 30.1 Å². The van der Waals surface area contributed by atoms with Crippen molar-refractivity contribution < 1.29 is 0 Å². The molecular weight excluding hydrogens is 234 g/mol. The Kier molecular flexibility index (Phi) is 7.41. The highest BCUT2D eigenvalue weighted by Gasteiger charge is 2.28. The zero-order valence-electron chi connectivity index (χ0n) is 13.0. The van der Waals surface area contributed by atoms with Gasteiger partial charge in [-0.15, -0.1) is 0 Å². The van der Waals surface area contributed by atoms with Crippen LogP contribution in [0.4, 0.5) is 0 Å². The molecule has 0 aromatic heterocycles. The van der Waals surface area contributed by atoms with E-state index in [0.29, 0.717) is 6.04 Å². The first-order chi connectivity index (χ1) is 9.11. The van der Waals surface area contributed by atoms with E-state index in [1.54, 1.807) is 0 Å². The van der Waals surface area contributed by atoms with Crippen LogP contribution in [-0.4, -0.2) is 36.1 Å². The molecule has 0 saturated carbocycles. The predicted octanol–water partition coefficient (Wildman–Crippen LogP) is 3.31. The van der Waals surface area contributed by atoms with Gasteiger partial charge < -0.3 is 4.90 Å². The minimum atomic E-state index is -0.377. The van der Waals surface area contributed by atoms with Crippen molar-refractivity contribution in [3.63, 3.8) is 0 Å². The number of hydrogen-bond acceptors (Lipinski definition) is 3. The van der Waals surface area contributed by atoms with Crippen LogP contribution >= 0.6 is 0 Å². The van der Waals surface area contributed by atoms with Crippen LogP contribution in [-0.2, 0) is 0 Å². The molecule has 2 atom stereocenters. The molecule has 19 heavy (non-hydrogen) atoms. The lowest BCUT2D eigenvalue weighted by molar-refractivity contribution is 0.162. The van der Waals surface area contributed by atoms with Crippen molar-refractivity contribution in [1.82, 2.24) is 10.2 Å². The second kappa shape index (κ2) is 8.55.